The maximum atomic E-state index is 12.1. The average molecular weight is 340 g/mol. The van der Waals surface area contributed by atoms with Crippen molar-refractivity contribution in [3.63, 3.8) is 0 Å². The van der Waals surface area contributed by atoms with Crippen LogP contribution in [0.1, 0.15) is 6.23 Å². The van der Waals surface area contributed by atoms with Gasteiger partial charge in [0.05, 0.1) is 13.2 Å². The van der Waals surface area contributed by atoms with Crippen molar-refractivity contribution in [2.45, 2.75) is 24.5 Å². The van der Waals surface area contributed by atoms with E-state index in [0.717, 1.165) is 13.1 Å². The smallest absolute Gasteiger partial charge is 0.351 e. The quantitative estimate of drug-likeness (QED) is 0.735. The SMILES string of the molecule is COC1C(OC)[C@@H](CN2CCOCC2)O[C@H]1n1ccc(N)nc1=O. The van der Waals surface area contributed by atoms with Gasteiger partial charge in [-0.15, -0.1) is 0 Å². The molecule has 2 aliphatic rings. The summed E-state index contributed by atoms with van der Waals surface area (Å²) < 4.78 is 24.1. The fourth-order valence-electron chi connectivity index (χ4n) is 3.27. The zero-order valence-electron chi connectivity index (χ0n) is 14.0. The molecule has 2 unspecified atom stereocenters. The summed E-state index contributed by atoms with van der Waals surface area (Å²) >= 11 is 0. The fourth-order valence-corrected chi connectivity index (χ4v) is 3.27. The molecule has 0 aromatic carbocycles. The molecule has 9 heteroatoms. The van der Waals surface area contributed by atoms with Gasteiger partial charge in [0.25, 0.3) is 0 Å². The van der Waals surface area contributed by atoms with E-state index < -0.39 is 18.0 Å². The summed E-state index contributed by atoms with van der Waals surface area (Å²) in [6.45, 7) is 3.81. The zero-order chi connectivity index (χ0) is 17.1. The molecule has 0 radical (unpaired) electrons. The molecule has 3 heterocycles. The Morgan fingerprint density at radius 1 is 1.29 bits per heavy atom. The number of methoxy groups -OCH3 is 2. The van der Waals surface area contributed by atoms with Gasteiger partial charge in [-0.05, 0) is 6.07 Å². The number of aromatic nitrogens is 2. The van der Waals surface area contributed by atoms with Crippen LogP contribution in [0.4, 0.5) is 5.82 Å². The van der Waals surface area contributed by atoms with Crippen LogP contribution >= 0.6 is 0 Å². The van der Waals surface area contributed by atoms with Crippen LogP contribution in [0, 0.1) is 0 Å². The molecule has 2 fully saturated rings. The van der Waals surface area contributed by atoms with Crippen molar-refractivity contribution in [3.8, 4) is 0 Å². The minimum absolute atomic E-state index is 0.177. The Labute approximate surface area is 140 Å². The standard InChI is InChI=1S/C15H24N4O5/c1-21-12-10(9-18-5-7-23-8-6-18)24-14(13(12)22-2)19-4-3-11(16)17-15(19)20/h3-4,10,12-14H,5-9H2,1-2H3,(H2,16,17,20)/t10-,12?,13?,14-/m1/s1. The number of ether oxygens (including phenoxy) is 4. The summed E-state index contributed by atoms with van der Waals surface area (Å²) in [6.07, 6.45) is 0.0566. The fraction of sp³-hybridized carbons (Fsp3) is 0.733. The Hall–Kier alpha value is -1.52. The zero-order valence-corrected chi connectivity index (χ0v) is 14.0. The predicted molar refractivity (Wildman–Crippen MR) is 85.7 cm³/mol. The van der Waals surface area contributed by atoms with Crippen LogP contribution in [0.15, 0.2) is 17.1 Å². The van der Waals surface area contributed by atoms with E-state index >= 15 is 0 Å². The molecule has 0 aliphatic carbocycles. The summed E-state index contributed by atoms with van der Waals surface area (Å²) in [7, 11) is 3.21. The minimum Gasteiger partial charge on any atom is -0.383 e. The van der Waals surface area contributed by atoms with Crippen molar-refractivity contribution in [3.05, 3.63) is 22.7 Å². The van der Waals surface area contributed by atoms with Crippen molar-refractivity contribution < 1.29 is 18.9 Å². The van der Waals surface area contributed by atoms with E-state index in [9.17, 15) is 4.79 Å². The topological polar surface area (TPSA) is 101 Å². The van der Waals surface area contributed by atoms with Crippen LogP contribution in [-0.4, -0.2) is 79.8 Å². The Kier molecular flexibility index (Phi) is 5.47. The highest BCUT2D eigenvalue weighted by Gasteiger charge is 2.47. The van der Waals surface area contributed by atoms with Crippen LogP contribution < -0.4 is 11.4 Å². The van der Waals surface area contributed by atoms with Gasteiger partial charge in [0.15, 0.2) is 6.23 Å². The molecule has 2 saturated heterocycles. The molecular weight excluding hydrogens is 316 g/mol. The second kappa shape index (κ2) is 7.58. The Morgan fingerprint density at radius 2 is 2.00 bits per heavy atom. The molecular formula is C15H24N4O5. The van der Waals surface area contributed by atoms with Crippen molar-refractivity contribution in [1.82, 2.24) is 14.5 Å². The summed E-state index contributed by atoms with van der Waals surface area (Å²) in [5, 5.41) is 0. The molecule has 0 bridgehead atoms. The Morgan fingerprint density at radius 3 is 2.62 bits per heavy atom. The van der Waals surface area contributed by atoms with E-state index in [0.29, 0.717) is 19.8 Å². The van der Waals surface area contributed by atoms with Gasteiger partial charge >= 0.3 is 5.69 Å². The van der Waals surface area contributed by atoms with E-state index in [1.165, 1.54) is 4.57 Å². The Bertz CT molecular complexity index is 604. The first-order valence-corrected chi connectivity index (χ1v) is 8.00. The largest absolute Gasteiger partial charge is 0.383 e. The number of rotatable bonds is 5. The van der Waals surface area contributed by atoms with Crippen LogP contribution in [0.5, 0.6) is 0 Å². The summed E-state index contributed by atoms with van der Waals surface area (Å²) in [4.78, 5) is 18.2. The number of hydrogen-bond donors (Lipinski definition) is 1. The molecule has 0 amide bonds. The number of anilines is 1. The molecule has 0 saturated carbocycles. The van der Waals surface area contributed by atoms with E-state index in [4.69, 9.17) is 24.7 Å². The third kappa shape index (κ3) is 3.45. The highest BCUT2D eigenvalue weighted by atomic mass is 16.6. The molecule has 2 aliphatic heterocycles. The summed E-state index contributed by atoms with van der Waals surface area (Å²) in [5.41, 5.74) is 5.09. The van der Waals surface area contributed by atoms with Crippen molar-refractivity contribution in [2.24, 2.45) is 0 Å². The number of nitrogens with two attached hydrogens (primary N) is 1. The van der Waals surface area contributed by atoms with Crippen LogP contribution in [0.25, 0.3) is 0 Å². The van der Waals surface area contributed by atoms with Gasteiger partial charge in [-0.1, -0.05) is 0 Å². The number of hydrogen-bond acceptors (Lipinski definition) is 8. The second-order valence-corrected chi connectivity index (χ2v) is 5.92. The minimum atomic E-state index is -0.605. The van der Waals surface area contributed by atoms with Gasteiger partial charge in [-0.2, -0.15) is 4.98 Å². The molecule has 1 aromatic heterocycles. The average Bonchev–Trinajstić information content (AvgIpc) is 2.92. The molecule has 0 spiro atoms. The monoisotopic (exact) mass is 340 g/mol. The van der Waals surface area contributed by atoms with Crippen LogP contribution in [0.3, 0.4) is 0 Å². The second-order valence-electron chi connectivity index (χ2n) is 5.92. The first-order valence-electron chi connectivity index (χ1n) is 8.00. The first kappa shape index (κ1) is 17.3. The van der Waals surface area contributed by atoms with Gasteiger partial charge in [0, 0.05) is 40.1 Å². The number of morpholine rings is 1. The molecule has 2 N–H and O–H groups in total. The van der Waals surface area contributed by atoms with E-state index in [2.05, 4.69) is 9.88 Å². The maximum Gasteiger partial charge on any atom is 0.351 e. The molecule has 1 aromatic rings. The van der Waals surface area contributed by atoms with Gasteiger partial charge in [-0.3, -0.25) is 9.47 Å². The van der Waals surface area contributed by atoms with Gasteiger partial charge in [0.1, 0.15) is 24.1 Å². The lowest BCUT2D eigenvalue weighted by atomic mass is 10.1. The summed E-state index contributed by atoms with van der Waals surface area (Å²) in [5.74, 6) is 0.177. The lowest BCUT2D eigenvalue weighted by molar-refractivity contribution is -0.0641. The number of nitrogens with zero attached hydrogens (tertiary/aromatic N) is 3. The van der Waals surface area contributed by atoms with Crippen molar-refractivity contribution in [2.75, 3.05) is 52.8 Å². The molecule has 4 atom stereocenters. The molecule has 134 valence electrons. The van der Waals surface area contributed by atoms with Gasteiger partial charge < -0.3 is 24.7 Å². The van der Waals surface area contributed by atoms with E-state index in [1.807, 2.05) is 0 Å². The maximum absolute atomic E-state index is 12.1. The van der Waals surface area contributed by atoms with E-state index in [-0.39, 0.29) is 18.0 Å². The summed E-state index contributed by atoms with van der Waals surface area (Å²) in [6, 6.07) is 1.56. The highest BCUT2D eigenvalue weighted by Crippen LogP contribution is 2.32. The molecule has 24 heavy (non-hydrogen) atoms. The van der Waals surface area contributed by atoms with Crippen LogP contribution in [0.2, 0.25) is 0 Å². The third-order valence-corrected chi connectivity index (χ3v) is 4.50. The molecule has 3 rings (SSSR count). The lowest BCUT2D eigenvalue weighted by Gasteiger charge is -2.30. The normalized spacial score (nSPS) is 31.4. The number of nitrogen functional groups attached to an aromatic ring is 1. The predicted octanol–water partition coefficient (Wildman–Crippen LogP) is -0.915. The highest BCUT2D eigenvalue weighted by molar-refractivity contribution is 5.23. The van der Waals surface area contributed by atoms with Gasteiger partial charge in [-0.25, -0.2) is 4.79 Å². The van der Waals surface area contributed by atoms with E-state index in [1.54, 1.807) is 26.5 Å². The Balaban J connectivity index is 1.80. The molecule has 9 nitrogen and oxygen atoms in total. The van der Waals surface area contributed by atoms with Crippen LogP contribution in [-0.2, 0) is 18.9 Å². The third-order valence-electron chi connectivity index (χ3n) is 4.50. The lowest BCUT2D eigenvalue weighted by Crippen LogP contribution is -2.45. The van der Waals surface area contributed by atoms with Crippen molar-refractivity contribution >= 4 is 5.82 Å². The first-order chi connectivity index (χ1) is 11.6. The van der Waals surface area contributed by atoms with Gasteiger partial charge in [0.2, 0.25) is 0 Å². The van der Waals surface area contributed by atoms with Crippen molar-refractivity contribution in [1.29, 1.82) is 0 Å².